The maximum atomic E-state index is 11.6. The first kappa shape index (κ1) is 13.3. The molecule has 0 saturated carbocycles. The van der Waals surface area contributed by atoms with Crippen molar-refractivity contribution in [2.24, 2.45) is 0 Å². The molecular formula is C11H12BrClO3. The van der Waals surface area contributed by atoms with Crippen molar-refractivity contribution in [1.82, 2.24) is 0 Å². The van der Waals surface area contributed by atoms with Crippen molar-refractivity contribution in [2.45, 2.75) is 13.8 Å². The monoisotopic (exact) mass is 306 g/mol. The Bertz CT molecular complexity index is 393. The molecule has 0 unspecified atom stereocenters. The van der Waals surface area contributed by atoms with Gasteiger partial charge in [0.2, 0.25) is 0 Å². The van der Waals surface area contributed by atoms with Crippen LogP contribution in [0.3, 0.4) is 0 Å². The van der Waals surface area contributed by atoms with Gasteiger partial charge in [-0.05, 0) is 26.0 Å². The second-order valence-corrected chi connectivity index (χ2v) is 4.21. The normalized spacial score (nSPS) is 10.0. The van der Waals surface area contributed by atoms with E-state index in [-0.39, 0.29) is 5.02 Å². The molecule has 0 aliphatic rings. The summed E-state index contributed by atoms with van der Waals surface area (Å²) in [7, 11) is 0. The molecule has 0 fully saturated rings. The molecule has 0 atom stereocenters. The van der Waals surface area contributed by atoms with E-state index in [2.05, 4.69) is 15.9 Å². The molecule has 1 rings (SSSR count). The molecule has 1 aromatic carbocycles. The zero-order valence-electron chi connectivity index (χ0n) is 9.05. The minimum atomic E-state index is -0.449. The number of hydrogen-bond acceptors (Lipinski definition) is 3. The molecule has 0 bridgehead atoms. The van der Waals surface area contributed by atoms with Crippen LogP contribution in [0.25, 0.3) is 0 Å². The maximum Gasteiger partial charge on any atom is 0.339 e. The van der Waals surface area contributed by atoms with E-state index in [1.807, 2.05) is 6.92 Å². The quantitative estimate of drug-likeness (QED) is 0.796. The summed E-state index contributed by atoms with van der Waals surface area (Å²) in [4.78, 5) is 11.6. The third kappa shape index (κ3) is 3.12. The lowest BCUT2D eigenvalue weighted by Crippen LogP contribution is -2.06. The first-order valence-corrected chi connectivity index (χ1v) is 6.06. The van der Waals surface area contributed by atoms with Crippen LogP contribution in [0.2, 0.25) is 5.02 Å². The second-order valence-electron chi connectivity index (χ2n) is 2.92. The summed E-state index contributed by atoms with van der Waals surface area (Å²) < 4.78 is 10.9. The predicted octanol–water partition coefficient (Wildman–Crippen LogP) is 3.68. The minimum Gasteiger partial charge on any atom is -0.492 e. The van der Waals surface area contributed by atoms with Gasteiger partial charge < -0.3 is 9.47 Å². The van der Waals surface area contributed by atoms with Crippen LogP contribution in [0.4, 0.5) is 0 Å². The maximum absolute atomic E-state index is 11.6. The molecule has 88 valence electrons. The zero-order valence-corrected chi connectivity index (χ0v) is 11.4. The molecule has 1 aromatic rings. The summed E-state index contributed by atoms with van der Waals surface area (Å²) in [6, 6.07) is 3.33. The van der Waals surface area contributed by atoms with Gasteiger partial charge in [-0.3, -0.25) is 0 Å². The fraction of sp³-hybridized carbons (Fsp3) is 0.364. The summed E-state index contributed by atoms with van der Waals surface area (Å²) in [6.45, 7) is 4.39. The molecular weight excluding hydrogens is 295 g/mol. The van der Waals surface area contributed by atoms with Crippen molar-refractivity contribution >= 4 is 33.5 Å². The predicted molar refractivity (Wildman–Crippen MR) is 66.3 cm³/mol. The van der Waals surface area contributed by atoms with E-state index in [1.54, 1.807) is 19.1 Å². The van der Waals surface area contributed by atoms with Crippen LogP contribution in [-0.2, 0) is 4.74 Å². The molecule has 0 aromatic heterocycles. The van der Waals surface area contributed by atoms with Crippen LogP contribution in [0, 0.1) is 0 Å². The summed E-state index contributed by atoms with van der Waals surface area (Å²) in [5, 5.41) is 0.281. The van der Waals surface area contributed by atoms with Gasteiger partial charge in [0.05, 0.1) is 23.8 Å². The Balaban J connectivity index is 3.13. The Hall–Kier alpha value is -0.740. The third-order valence-corrected chi connectivity index (χ3v) is 2.65. The number of esters is 1. The second kappa shape index (κ2) is 6.11. The van der Waals surface area contributed by atoms with E-state index in [4.69, 9.17) is 21.1 Å². The summed E-state index contributed by atoms with van der Waals surface area (Å²) in [5.74, 6) is 0.0244. The van der Waals surface area contributed by atoms with E-state index < -0.39 is 5.97 Å². The van der Waals surface area contributed by atoms with Gasteiger partial charge >= 0.3 is 5.97 Å². The first-order chi connectivity index (χ1) is 7.60. The molecule has 0 N–H and O–H groups in total. The zero-order chi connectivity index (χ0) is 12.1. The molecule has 16 heavy (non-hydrogen) atoms. The Labute approximate surface area is 108 Å². The Morgan fingerprint density at radius 1 is 1.38 bits per heavy atom. The smallest absolute Gasteiger partial charge is 0.339 e. The van der Waals surface area contributed by atoms with Crippen LogP contribution < -0.4 is 4.74 Å². The fourth-order valence-electron chi connectivity index (χ4n) is 1.18. The van der Waals surface area contributed by atoms with Crippen LogP contribution in [0.5, 0.6) is 5.75 Å². The summed E-state index contributed by atoms with van der Waals surface area (Å²) in [6.07, 6.45) is 0. The number of carbonyl (C=O) groups excluding carboxylic acids is 1. The van der Waals surface area contributed by atoms with Crippen molar-refractivity contribution in [1.29, 1.82) is 0 Å². The van der Waals surface area contributed by atoms with Crippen molar-refractivity contribution in [2.75, 3.05) is 13.2 Å². The highest BCUT2D eigenvalue weighted by Gasteiger charge is 2.16. The molecule has 0 aliphatic carbocycles. The molecule has 3 nitrogen and oxygen atoms in total. The number of carbonyl (C=O) groups is 1. The summed E-state index contributed by atoms with van der Waals surface area (Å²) >= 11 is 9.33. The minimum absolute atomic E-state index is 0.281. The van der Waals surface area contributed by atoms with Gasteiger partial charge in [0.25, 0.3) is 0 Å². The van der Waals surface area contributed by atoms with E-state index in [0.717, 1.165) is 4.47 Å². The van der Waals surface area contributed by atoms with Gasteiger partial charge in [-0.1, -0.05) is 27.5 Å². The molecule has 5 heteroatoms. The number of ether oxygens (including phenoxy) is 2. The number of hydrogen-bond donors (Lipinski definition) is 0. The molecule has 0 heterocycles. The average Bonchev–Trinajstić information content (AvgIpc) is 2.23. The number of benzene rings is 1. The standard InChI is InChI=1S/C11H12BrClO3/c1-3-15-9-6-7(12)5-8(10(9)13)11(14)16-4-2/h5-6H,3-4H2,1-2H3. The van der Waals surface area contributed by atoms with Crippen molar-refractivity contribution in [3.63, 3.8) is 0 Å². The van der Waals surface area contributed by atoms with Crippen molar-refractivity contribution < 1.29 is 14.3 Å². The highest BCUT2D eigenvalue weighted by molar-refractivity contribution is 9.10. The van der Waals surface area contributed by atoms with Crippen LogP contribution in [0.15, 0.2) is 16.6 Å². The molecule has 0 aliphatic heterocycles. The van der Waals surface area contributed by atoms with Crippen LogP contribution >= 0.6 is 27.5 Å². The van der Waals surface area contributed by atoms with Crippen LogP contribution in [0.1, 0.15) is 24.2 Å². The van der Waals surface area contributed by atoms with Gasteiger partial charge in [-0.15, -0.1) is 0 Å². The highest BCUT2D eigenvalue weighted by atomic mass is 79.9. The van der Waals surface area contributed by atoms with Gasteiger partial charge in [0.15, 0.2) is 0 Å². The topological polar surface area (TPSA) is 35.5 Å². The average molecular weight is 308 g/mol. The third-order valence-electron chi connectivity index (χ3n) is 1.80. The van der Waals surface area contributed by atoms with E-state index >= 15 is 0 Å². The molecule has 0 amide bonds. The fourth-order valence-corrected chi connectivity index (χ4v) is 1.86. The van der Waals surface area contributed by atoms with Gasteiger partial charge in [-0.25, -0.2) is 4.79 Å². The lowest BCUT2D eigenvalue weighted by Gasteiger charge is -2.10. The lowest BCUT2D eigenvalue weighted by molar-refractivity contribution is 0.0526. The van der Waals surface area contributed by atoms with Crippen LogP contribution in [-0.4, -0.2) is 19.2 Å². The number of halogens is 2. The Morgan fingerprint density at radius 2 is 2.06 bits per heavy atom. The van der Waals surface area contributed by atoms with Crippen molar-refractivity contribution in [3.05, 3.63) is 27.2 Å². The van der Waals surface area contributed by atoms with Gasteiger partial charge in [-0.2, -0.15) is 0 Å². The van der Waals surface area contributed by atoms with E-state index in [0.29, 0.717) is 24.5 Å². The SMILES string of the molecule is CCOC(=O)c1cc(Br)cc(OCC)c1Cl. The molecule has 0 saturated heterocycles. The number of rotatable bonds is 4. The highest BCUT2D eigenvalue weighted by Crippen LogP contribution is 2.32. The van der Waals surface area contributed by atoms with Crippen molar-refractivity contribution in [3.8, 4) is 5.75 Å². The first-order valence-electron chi connectivity index (χ1n) is 4.89. The van der Waals surface area contributed by atoms with E-state index in [9.17, 15) is 4.79 Å². The molecule has 0 radical (unpaired) electrons. The Morgan fingerprint density at radius 3 is 2.62 bits per heavy atom. The van der Waals surface area contributed by atoms with Gasteiger partial charge in [0.1, 0.15) is 5.75 Å². The van der Waals surface area contributed by atoms with E-state index in [1.165, 1.54) is 0 Å². The summed E-state index contributed by atoms with van der Waals surface area (Å²) in [5.41, 5.74) is 0.307. The molecule has 0 spiro atoms. The largest absolute Gasteiger partial charge is 0.492 e. The Kier molecular flexibility index (Phi) is 5.09. The van der Waals surface area contributed by atoms with Gasteiger partial charge in [0, 0.05) is 4.47 Å². The lowest BCUT2D eigenvalue weighted by atomic mass is 10.2.